The van der Waals surface area contributed by atoms with Crippen molar-refractivity contribution in [2.24, 2.45) is 0 Å². The summed E-state index contributed by atoms with van der Waals surface area (Å²) in [6.45, 7) is 6.07. The summed E-state index contributed by atoms with van der Waals surface area (Å²) in [6.07, 6.45) is 5.02. The third kappa shape index (κ3) is 4.30. The molecule has 3 aromatic carbocycles. The van der Waals surface area contributed by atoms with Gasteiger partial charge in [0.2, 0.25) is 0 Å². The molecule has 0 aliphatic heterocycles. The first-order chi connectivity index (χ1) is 14.0. The van der Waals surface area contributed by atoms with Crippen LogP contribution < -0.4 is 0 Å². The highest BCUT2D eigenvalue weighted by Gasteiger charge is 2.39. The van der Waals surface area contributed by atoms with E-state index in [2.05, 4.69) is 44.2 Å². The van der Waals surface area contributed by atoms with E-state index in [4.69, 9.17) is 9.47 Å². The van der Waals surface area contributed by atoms with Gasteiger partial charge in [0, 0.05) is 12.7 Å². The second kappa shape index (κ2) is 9.41. The zero-order chi connectivity index (χ0) is 20.9. The third-order valence-electron chi connectivity index (χ3n) is 5.94. The fourth-order valence-corrected chi connectivity index (χ4v) is 3.98. The molecule has 0 aliphatic rings. The van der Waals surface area contributed by atoms with Gasteiger partial charge in [0.25, 0.3) is 0 Å². The van der Waals surface area contributed by atoms with Crippen molar-refractivity contribution in [2.75, 3.05) is 7.11 Å². The Labute approximate surface area is 174 Å². The minimum atomic E-state index is -1.16. The van der Waals surface area contributed by atoms with Crippen molar-refractivity contribution in [2.45, 2.75) is 64.6 Å². The van der Waals surface area contributed by atoms with Crippen molar-refractivity contribution < 1.29 is 14.3 Å². The molecule has 0 saturated carbocycles. The van der Waals surface area contributed by atoms with Crippen LogP contribution in [0, 0.1) is 0 Å². The van der Waals surface area contributed by atoms with Crippen LogP contribution in [0.15, 0.2) is 54.6 Å². The fraction of sp³-hybridized carbons (Fsp3) is 0.423. The number of fused-ring (bicyclic) bond motifs is 3. The number of esters is 1. The summed E-state index contributed by atoms with van der Waals surface area (Å²) in [4.78, 5) is 13.3. The van der Waals surface area contributed by atoms with Crippen LogP contribution in [0.3, 0.4) is 0 Å². The van der Waals surface area contributed by atoms with Gasteiger partial charge < -0.3 is 9.47 Å². The maximum Gasteiger partial charge on any atom is 0.343 e. The van der Waals surface area contributed by atoms with E-state index >= 15 is 0 Å². The van der Waals surface area contributed by atoms with Crippen molar-refractivity contribution in [3.05, 3.63) is 60.2 Å². The molecule has 0 unspecified atom stereocenters. The van der Waals surface area contributed by atoms with Crippen LogP contribution in [0.2, 0.25) is 0 Å². The van der Waals surface area contributed by atoms with Gasteiger partial charge in [0.05, 0.1) is 0 Å². The van der Waals surface area contributed by atoms with E-state index in [1.165, 1.54) is 5.39 Å². The van der Waals surface area contributed by atoms with E-state index < -0.39 is 5.60 Å². The minimum Gasteiger partial charge on any atom is -0.460 e. The Morgan fingerprint density at radius 2 is 1.62 bits per heavy atom. The lowest BCUT2D eigenvalue weighted by Gasteiger charge is -2.30. The van der Waals surface area contributed by atoms with Crippen molar-refractivity contribution in [1.29, 1.82) is 0 Å². The second-order valence-corrected chi connectivity index (χ2v) is 7.86. The SMILES string of the molecule is CCCCC[C@H](CC)OC(=O)[C@@](C)(OC)c1cc2ccccc2c2ccccc12. The lowest BCUT2D eigenvalue weighted by molar-refractivity contribution is -0.174. The third-order valence-corrected chi connectivity index (χ3v) is 5.94. The molecule has 0 bridgehead atoms. The zero-order valence-corrected chi connectivity index (χ0v) is 18.0. The molecule has 0 fully saturated rings. The van der Waals surface area contributed by atoms with Gasteiger partial charge in [0.1, 0.15) is 6.10 Å². The van der Waals surface area contributed by atoms with E-state index in [-0.39, 0.29) is 12.1 Å². The summed E-state index contributed by atoms with van der Waals surface area (Å²) in [5.74, 6) is -0.316. The Morgan fingerprint density at radius 1 is 0.966 bits per heavy atom. The molecule has 0 N–H and O–H groups in total. The Morgan fingerprint density at radius 3 is 2.28 bits per heavy atom. The molecule has 0 amide bonds. The van der Waals surface area contributed by atoms with E-state index in [0.29, 0.717) is 0 Å². The molecular weight excluding hydrogens is 360 g/mol. The van der Waals surface area contributed by atoms with E-state index in [1.807, 2.05) is 31.2 Å². The summed E-state index contributed by atoms with van der Waals surface area (Å²) in [5, 5.41) is 4.40. The summed E-state index contributed by atoms with van der Waals surface area (Å²) in [7, 11) is 1.59. The number of benzene rings is 3. The molecule has 3 nitrogen and oxygen atoms in total. The summed E-state index contributed by atoms with van der Waals surface area (Å²) >= 11 is 0. The summed E-state index contributed by atoms with van der Waals surface area (Å²) < 4.78 is 11.8. The molecule has 2 atom stereocenters. The van der Waals surface area contributed by atoms with Crippen LogP contribution in [0.25, 0.3) is 21.5 Å². The molecule has 0 radical (unpaired) electrons. The number of hydrogen-bond acceptors (Lipinski definition) is 3. The molecule has 0 heterocycles. The molecule has 0 aliphatic carbocycles. The molecule has 29 heavy (non-hydrogen) atoms. The molecule has 3 rings (SSSR count). The van der Waals surface area contributed by atoms with Gasteiger partial charge in [-0.05, 0) is 53.8 Å². The maximum atomic E-state index is 13.3. The quantitative estimate of drug-likeness (QED) is 0.229. The van der Waals surface area contributed by atoms with Gasteiger partial charge in [-0.15, -0.1) is 0 Å². The van der Waals surface area contributed by atoms with Gasteiger partial charge in [-0.1, -0.05) is 75.2 Å². The van der Waals surface area contributed by atoms with E-state index in [1.54, 1.807) is 7.11 Å². The number of rotatable bonds is 9. The van der Waals surface area contributed by atoms with Crippen molar-refractivity contribution in [3.8, 4) is 0 Å². The van der Waals surface area contributed by atoms with Crippen LogP contribution in [0.4, 0.5) is 0 Å². The van der Waals surface area contributed by atoms with E-state index in [9.17, 15) is 4.79 Å². The monoisotopic (exact) mass is 392 g/mol. The Kier molecular flexibility index (Phi) is 6.92. The standard InChI is InChI=1S/C26H32O3/c1-5-7-8-14-20(6-2)29-25(27)26(3,28-4)24-18-19-13-9-10-15-21(19)22-16-11-12-17-23(22)24/h9-13,15-18,20H,5-8,14H2,1-4H3/t20-,26-/m0/s1. The molecule has 3 aromatic rings. The highest BCUT2D eigenvalue weighted by molar-refractivity contribution is 6.10. The first-order valence-electron chi connectivity index (χ1n) is 10.7. The smallest absolute Gasteiger partial charge is 0.343 e. The normalized spacial score (nSPS) is 14.6. The number of methoxy groups -OCH3 is 1. The highest BCUT2D eigenvalue weighted by Crippen LogP contribution is 2.37. The molecular formula is C26H32O3. The molecule has 3 heteroatoms. The average Bonchev–Trinajstić information content (AvgIpc) is 2.77. The number of unbranched alkanes of at least 4 members (excludes halogenated alkanes) is 2. The van der Waals surface area contributed by atoms with Crippen molar-refractivity contribution in [3.63, 3.8) is 0 Å². The lowest BCUT2D eigenvalue weighted by Crippen LogP contribution is -2.38. The van der Waals surface area contributed by atoms with Crippen LogP contribution in [0.5, 0.6) is 0 Å². The van der Waals surface area contributed by atoms with Crippen molar-refractivity contribution in [1.82, 2.24) is 0 Å². The Balaban J connectivity index is 2.03. The van der Waals surface area contributed by atoms with Gasteiger partial charge in [0.15, 0.2) is 5.60 Å². The topological polar surface area (TPSA) is 35.5 Å². The molecule has 0 aromatic heterocycles. The van der Waals surface area contributed by atoms with Crippen LogP contribution in [0.1, 0.15) is 58.4 Å². The predicted molar refractivity (Wildman–Crippen MR) is 120 cm³/mol. The van der Waals surface area contributed by atoms with Gasteiger partial charge >= 0.3 is 5.97 Å². The molecule has 0 spiro atoms. The average molecular weight is 393 g/mol. The second-order valence-electron chi connectivity index (χ2n) is 7.86. The summed E-state index contributed by atoms with van der Waals surface area (Å²) in [5.41, 5.74) is -0.315. The first kappa shape index (κ1) is 21.3. The highest BCUT2D eigenvalue weighted by atomic mass is 16.6. The van der Waals surface area contributed by atoms with Crippen LogP contribution in [-0.2, 0) is 19.9 Å². The lowest BCUT2D eigenvalue weighted by atomic mass is 9.87. The Bertz CT molecular complexity index is 978. The molecule has 154 valence electrons. The van der Waals surface area contributed by atoms with Gasteiger partial charge in [-0.3, -0.25) is 0 Å². The Hall–Kier alpha value is -2.39. The first-order valence-corrected chi connectivity index (χ1v) is 10.7. The molecule has 0 saturated heterocycles. The van der Waals surface area contributed by atoms with Crippen LogP contribution >= 0.6 is 0 Å². The van der Waals surface area contributed by atoms with Crippen molar-refractivity contribution >= 4 is 27.5 Å². The zero-order valence-electron chi connectivity index (χ0n) is 18.0. The number of ether oxygens (including phenoxy) is 2. The summed E-state index contributed by atoms with van der Waals surface area (Å²) in [6, 6.07) is 18.5. The van der Waals surface area contributed by atoms with Gasteiger partial charge in [-0.2, -0.15) is 0 Å². The van der Waals surface area contributed by atoms with E-state index in [0.717, 1.165) is 53.8 Å². The fourth-order valence-electron chi connectivity index (χ4n) is 3.98. The number of hydrogen-bond donors (Lipinski definition) is 0. The minimum absolute atomic E-state index is 0.0738. The van der Waals surface area contributed by atoms with Gasteiger partial charge in [-0.25, -0.2) is 4.79 Å². The predicted octanol–water partition coefficient (Wildman–Crippen LogP) is 6.76. The van der Waals surface area contributed by atoms with Crippen LogP contribution in [-0.4, -0.2) is 19.2 Å². The largest absolute Gasteiger partial charge is 0.460 e. The number of carbonyl (C=O) groups excluding carboxylic acids is 1. The number of carbonyl (C=O) groups is 1. The maximum absolute atomic E-state index is 13.3.